The van der Waals surface area contributed by atoms with Crippen LogP contribution in [0.3, 0.4) is 0 Å². The van der Waals surface area contributed by atoms with Crippen LogP contribution in [0.25, 0.3) is 0 Å². The van der Waals surface area contributed by atoms with Crippen LogP contribution in [0, 0.1) is 5.82 Å². The number of nitrogens with zero attached hydrogens (tertiary/aromatic N) is 1. The highest BCUT2D eigenvalue weighted by atomic mass is 35.5. The lowest BCUT2D eigenvalue weighted by molar-refractivity contribution is -0.142. The van der Waals surface area contributed by atoms with E-state index in [1.54, 1.807) is 30.3 Å². The Labute approximate surface area is 161 Å². The Hall–Kier alpha value is -1.82. The molecule has 2 aromatic rings. The highest BCUT2D eigenvalue weighted by Gasteiger charge is 2.37. The zero-order valence-corrected chi connectivity index (χ0v) is 15.6. The van der Waals surface area contributed by atoms with Crippen molar-refractivity contribution in [3.05, 3.63) is 63.4 Å². The van der Waals surface area contributed by atoms with E-state index in [1.807, 2.05) is 4.90 Å². The maximum Gasteiger partial charge on any atom is 0.320 e. The molecule has 1 aliphatic heterocycles. The number of likely N-dealkylation sites (tertiary alicyclic amines) is 1. The molecule has 2 unspecified atom stereocenters. The van der Waals surface area contributed by atoms with Gasteiger partial charge >= 0.3 is 5.97 Å². The standard InChI is InChI=1S/C19H18Cl2FNO3/c1-26-17-7-5-12(10-15(17)22)18(11-4-6-13(20)14(21)9-11)23-8-2-3-16(23)19(24)25/h4-7,9-10,16,18H,2-3,8H2,1H3,(H,24,25). The molecule has 0 spiro atoms. The van der Waals surface area contributed by atoms with Crippen molar-refractivity contribution in [1.29, 1.82) is 0 Å². The lowest BCUT2D eigenvalue weighted by Crippen LogP contribution is -2.39. The molecule has 1 aliphatic rings. The molecule has 1 N–H and O–H groups in total. The fourth-order valence-corrected chi connectivity index (χ4v) is 3.78. The van der Waals surface area contributed by atoms with Crippen molar-refractivity contribution >= 4 is 29.2 Å². The van der Waals surface area contributed by atoms with Crippen LogP contribution in [0.5, 0.6) is 5.75 Å². The fourth-order valence-electron chi connectivity index (χ4n) is 3.47. The van der Waals surface area contributed by atoms with Crippen molar-refractivity contribution in [2.45, 2.75) is 24.9 Å². The number of halogens is 3. The first-order chi connectivity index (χ1) is 12.4. The van der Waals surface area contributed by atoms with Crippen LogP contribution in [-0.4, -0.2) is 35.7 Å². The van der Waals surface area contributed by atoms with Gasteiger partial charge in [-0.3, -0.25) is 9.69 Å². The second-order valence-electron chi connectivity index (χ2n) is 6.20. The van der Waals surface area contributed by atoms with Gasteiger partial charge < -0.3 is 9.84 Å². The second-order valence-corrected chi connectivity index (χ2v) is 7.02. The van der Waals surface area contributed by atoms with Crippen LogP contribution in [-0.2, 0) is 4.79 Å². The van der Waals surface area contributed by atoms with Crippen LogP contribution in [0.4, 0.5) is 4.39 Å². The minimum Gasteiger partial charge on any atom is -0.494 e. The average Bonchev–Trinajstić information content (AvgIpc) is 3.08. The molecule has 1 saturated heterocycles. The number of rotatable bonds is 5. The number of benzene rings is 2. The molecule has 0 saturated carbocycles. The van der Waals surface area contributed by atoms with E-state index in [4.69, 9.17) is 27.9 Å². The highest BCUT2D eigenvalue weighted by Crippen LogP contribution is 2.38. The van der Waals surface area contributed by atoms with Crippen molar-refractivity contribution in [3.63, 3.8) is 0 Å². The monoisotopic (exact) mass is 397 g/mol. The van der Waals surface area contributed by atoms with Crippen LogP contribution >= 0.6 is 23.2 Å². The van der Waals surface area contributed by atoms with Crippen LogP contribution in [0.15, 0.2) is 36.4 Å². The topological polar surface area (TPSA) is 49.8 Å². The number of carboxylic acid groups (broad SMARTS) is 1. The molecule has 0 aliphatic carbocycles. The van der Waals surface area contributed by atoms with E-state index in [1.165, 1.54) is 13.2 Å². The zero-order chi connectivity index (χ0) is 18.8. The van der Waals surface area contributed by atoms with E-state index < -0.39 is 23.9 Å². The van der Waals surface area contributed by atoms with E-state index in [0.29, 0.717) is 28.6 Å². The molecule has 1 heterocycles. The molecule has 7 heteroatoms. The summed E-state index contributed by atoms with van der Waals surface area (Å²) in [6.07, 6.45) is 1.30. The first kappa shape index (κ1) is 19.0. The Morgan fingerprint density at radius 3 is 2.54 bits per heavy atom. The minimum absolute atomic E-state index is 0.137. The summed E-state index contributed by atoms with van der Waals surface area (Å²) in [6.45, 7) is 0.593. The lowest BCUT2D eigenvalue weighted by Gasteiger charge is -2.32. The molecule has 138 valence electrons. The molecular weight excluding hydrogens is 380 g/mol. The van der Waals surface area contributed by atoms with E-state index in [-0.39, 0.29) is 5.75 Å². The first-order valence-electron chi connectivity index (χ1n) is 8.19. The summed E-state index contributed by atoms with van der Waals surface area (Å²) < 4.78 is 19.3. The predicted octanol–water partition coefficient (Wildman–Crippen LogP) is 4.78. The maximum absolute atomic E-state index is 14.3. The second kappa shape index (κ2) is 7.82. The van der Waals surface area contributed by atoms with Gasteiger partial charge in [-0.2, -0.15) is 0 Å². The van der Waals surface area contributed by atoms with E-state index >= 15 is 0 Å². The average molecular weight is 398 g/mol. The first-order valence-corrected chi connectivity index (χ1v) is 8.95. The van der Waals surface area contributed by atoms with Gasteiger partial charge in [-0.05, 0) is 48.2 Å². The number of ether oxygens (including phenoxy) is 1. The number of carboxylic acids is 1. The Morgan fingerprint density at radius 2 is 1.92 bits per heavy atom. The summed E-state index contributed by atoms with van der Waals surface area (Å²) in [6, 6.07) is 8.73. The highest BCUT2D eigenvalue weighted by molar-refractivity contribution is 6.42. The summed E-state index contributed by atoms with van der Waals surface area (Å²) in [4.78, 5) is 13.5. The van der Waals surface area contributed by atoms with E-state index in [9.17, 15) is 14.3 Å². The summed E-state index contributed by atoms with van der Waals surface area (Å²) in [5.41, 5.74) is 1.40. The van der Waals surface area contributed by atoms with Gasteiger partial charge in [0.1, 0.15) is 6.04 Å². The Bertz CT molecular complexity index is 830. The van der Waals surface area contributed by atoms with Gasteiger partial charge in [0, 0.05) is 6.54 Å². The molecule has 0 bridgehead atoms. The van der Waals surface area contributed by atoms with Crippen molar-refractivity contribution in [1.82, 2.24) is 4.90 Å². The van der Waals surface area contributed by atoms with Gasteiger partial charge in [-0.15, -0.1) is 0 Å². The largest absolute Gasteiger partial charge is 0.494 e. The summed E-state index contributed by atoms with van der Waals surface area (Å²) >= 11 is 12.2. The SMILES string of the molecule is COc1ccc(C(c2ccc(Cl)c(Cl)c2)N2CCCC2C(=O)O)cc1F. The van der Waals surface area contributed by atoms with Gasteiger partial charge in [0.2, 0.25) is 0 Å². The molecule has 4 nitrogen and oxygen atoms in total. The third kappa shape index (κ3) is 3.65. The Kier molecular flexibility index (Phi) is 5.70. The molecule has 2 atom stereocenters. The third-order valence-corrected chi connectivity index (χ3v) is 5.40. The van der Waals surface area contributed by atoms with Crippen molar-refractivity contribution in [2.24, 2.45) is 0 Å². The van der Waals surface area contributed by atoms with Crippen LogP contribution in [0.2, 0.25) is 10.0 Å². The van der Waals surface area contributed by atoms with E-state index in [2.05, 4.69) is 0 Å². The fraction of sp³-hybridized carbons (Fsp3) is 0.316. The summed E-state index contributed by atoms with van der Waals surface area (Å²) in [5, 5.41) is 10.4. The molecule has 2 aromatic carbocycles. The third-order valence-electron chi connectivity index (χ3n) is 4.66. The molecule has 0 radical (unpaired) electrons. The van der Waals surface area contributed by atoms with Crippen LogP contribution in [0.1, 0.15) is 30.0 Å². The predicted molar refractivity (Wildman–Crippen MR) is 98.6 cm³/mol. The Balaban J connectivity index is 2.11. The van der Waals surface area contributed by atoms with Crippen molar-refractivity contribution < 1.29 is 19.0 Å². The molecule has 1 fully saturated rings. The van der Waals surface area contributed by atoms with Gasteiger partial charge in [0.15, 0.2) is 11.6 Å². The van der Waals surface area contributed by atoms with Gasteiger partial charge in [0.05, 0.1) is 23.2 Å². The number of hydrogen-bond acceptors (Lipinski definition) is 3. The quantitative estimate of drug-likeness (QED) is 0.788. The molecule has 0 amide bonds. The minimum atomic E-state index is -0.887. The number of hydrogen-bond donors (Lipinski definition) is 1. The van der Waals surface area contributed by atoms with Gasteiger partial charge in [-0.25, -0.2) is 4.39 Å². The smallest absolute Gasteiger partial charge is 0.320 e. The molecule has 3 rings (SSSR count). The summed E-state index contributed by atoms with van der Waals surface area (Å²) in [7, 11) is 1.40. The number of aliphatic carboxylic acids is 1. The summed E-state index contributed by atoms with van der Waals surface area (Å²) in [5.74, 6) is -1.25. The van der Waals surface area contributed by atoms with Crippen LogP contribution < -0.4 is 4.74 Å². The van der Waals surface area contributed by atoms with Gasteiger partial charge in [0.25, 0.3) is 0 Å². The number of methoxy groups -OCH3 is 1. The molecule has 0 aromatic heterocycles. The number of carbonyl (C=O) groups is 1. The molecule has 26 heavy (non-hydrogen) atoms. The maximum atomic E-state index is 14.3. The van der Waals surface area contributed by atoms with E-state index in [0.717, 1.165) is 12.0 Å². The normalized spacial score (nSPS) is 18.7. The molecular formula is C19H18Cl2FNO3. The van der Waals surface area contributed by atoms with Crippen molar-refractivity contribution in [3.8, 4) is 5.75 Å². The van der Waals surface area contributed by atoms with Gasteiger partial charge in [-0.1, -0.05) is 35.3 Å². The Morgan fingerprint density at radius 1 is 1.23 bits per heavy atom. The van der Waals surface area contributed by atoms with Crippen molar-refractivity contribution in [2.75, 3.05) is 13.7 Å². The lowest BCUT2D eigenvalue weighted by atomic mass is 9.96. The zero-order valence-electron chi connectivity index (χ0n) is 14.1.